The highest BCUT2D eigenvalue weighted by Crippen LogP contribution is 2.36. The second kappa shape index (κ2) is 9.36. The van der Waals surface area contributed by atoms with Crippen LogP contribution < -0.4 is 14.8 Å². The predicted octanol–water partition coefficient (Wildman–Crippen LogP) is 4.94. The molecule has 0 fully saturated rings. The largest absolute Gasteiger partial charge is 0.497 e. The maximum atomic E-state index is 12.6. The number of nitro groups is 1. The van der Waals surface area contributed by atoms with Gasteiger partial charge in [-0.3, -0.25) is 20.2 Å². The monoisotopic (exact) mass is 427 g/mol. The van der Waals surface area contributed by atoms with Crippen LogP contribution in [-0.4, -0.2) is 30.0 Å². The number of nitrogens with one attached hydrogen (secondary N) is 1. The standard InChI is InChI=1S/C21H21N3O5S/c1-4-5-18-19(14-10-16(28-2)12-17(11-14)29-3)22-21(30-18)23-20(25)13-6-8-15(9-7-13)24(26)27/h6-12H,4-5H2,1-3H3,(H,22,23,25). The van der Waals surface area contributed by atoms with Crippen LogP contribution in [0.25, 0.3) is 11.3 Å². The zero-order valence-corrected chi connectivity index (χ0v) is 17.6. The van der Waals surface area contributed by atoms with Gasteiger partial charge >= 0.3 is 0 Å². The zero-order chi connectivity index (χ0) is 21.7. The topological polar surface area (TPSA) is 104 Å². The molecule has 0 aliphatic carbocycles. The first-order chi connectivity index (χ1) is 14.4. The second-order valence-electron chi connectivity index (χ2n) is 6.40. The Bertz CT molecular complexity index is 1040. The highest BCUT2D eigenvalue weighted by Gasteiger charge is 2.17. The maximum Gasteiger partial charge on any atom is 0.269 e. The number of carbonyl (C=O) groups is 1. The molecule has 0 aliphatic rings. The summed E-state index contributed by atoms with van der Waals surface area (Å²) in [7, 11) is 3.17. The molecule has 0 atom stereocenters. The van der Waals surface area contributed by atoms with Gasteiger partial charge in [0.15, 0.2) is 5.13 Å². The Morgan fingerprint density at radius 3 is 2.30 bits per heavy atom. The number of aryl methyl sites for hydroxylation is 1. The highest BCUT2D eigenvalue weighted by atomic mass is 32.1. The number of ether oxygens (including phenoxy) is 2. The number of methoxy groups -OCH3 is 2. The van der Waals surface area contributed by atoms with Gasteiger partial charge in [-0.1, -0.05) is 13.3 Å². The van der Waals surface area contributed by atoms with Gasteiger partial charge in [0.25, 0.3) is 11.6 Å². The SMILES string of the molecule is CCCc1sc(NC(=O)c2ccc([N+](=O)[O-])cc2)nc1-c1cc(OC)cc(OC)c1. The molecule has 1 aromatic heterocycles. The van der Waals surface area contributed by atoms with Crippen molar-refractivity contribution >= 4 is 28.1 Å². The number of non-ortho nitro benzene ring substituents is 1. The molecule has 9 heteroatoms. The molecule has 3 aromatic rings. The van der Waals surface area contributed by atoms with Crippen LogP contribution in [0.15, 0.2) is 42.5 Å². The van der Waals surface area contributed by atoms with E-state index in [4.69, 9.17) is 9.47 Å². The molecule has 0 unspecified atom stereocenters. The number of carbonyl (C=O) groups excluding carboxylic acids is 1. The molecule has 156 valence electrons. The van der Waals surface area contributed by atoms with E-state index in [0.717, 1.165) is 29.0 Å². The first-order valence-electron chi connectivity index (χ1n) is 9.24. The van der Waals surface area contributed by atoms with Gasteiger partial charge in [-0.15, -0.1) is 11.3 Å². The maximum absolute atomic E-state index is 12.6. The molecule has 3 rings (SSSR count). The lowest BCUT2D eigenvalue weighted by Crippen LogP contribution is -2.11. The second-order valence-corrected chi connectivity index (χ2v) is 7.48. The van der Waals surface area contributed by atoms with Gasteiger partial charge in [0.1, 0.15) is 11.5 Å². The van der Waals surface area contributed by atoms with Crippen molar-refractivity contribution in [1.82, 2.24) is 4.98 Å². The lowest BCUT2D eigenvalue weighted by Gasteiger charge is -2.08. The van der Waals surface area contributed by atoms with Crippen LogP contribution in [0.3, 0.4) is 0 Å². The van der Waals surface area contributed by atoms with E-state index < -0.39 is 4.92 Å². The van der Waals surface area contributed by atoms with Gasteiger partial charge in [-0.05, 0) is 30.7 Å². The summed E-state index contributed by atoms with van der Waals surface area (Å²) in [5.74, 6) is 0.920. The normalized spacial score (nSPS) is 10.5. The van der Waals surface area contributed by atoms with Crippen LogP contribution in [0.2, 0.25) is 0 Å². The Morgan fingerprint density at radius 2 is 1.77 bits per heavy atom. The minimum absolute atomic E-state index is 0.0692. The lowest BCUT2D eigenvalue weighted by molar-refractivity contribution is -0.384. The van der Waals surface area contributed by atoms with Crippen molar-refractivity contribution in [3.63, 3.8) is 0 Å². The van der Waals surface area contributed by atoms with Crippen molar-refractivity contribution in [3.05, 3.63) is 63.0 Å². The van der Waals surface area contributed by atoms with Crippen molar-refractivity contribution < 1.29 is 19.2 Å². The summed E-state index contributed by atoms with van der Waals surface area (Å²) in [4.78, 5) is 28.5. The Hall–Kier alpha value is -3.46. The summed E-state index contributed by atoms with van der Waals surface area (Å²) in [5, 5.41) is 14.0. The fraction of sp³-hybridized carbons (Fsp3) is 0.238. The Labute approximate surface area is 177 Å². The molecule has 0 radical (unpaired) electrons. The van der Waals surface area contributed by atoms with Crippen molar-refractivity contribution in [3.8, 4) is 22.8 Å². The summed E-state index contributed by atoms with van der Waals surface area (Å²) >= 11 is 1.40. The van der Waals surface area contributed by atoms with Crippen molar-refractivity contribution in [2.45, 2.75) is 19.8 Å². The molecule has 1 heterocycles. The minimum atomic E-state index is -0.506. The van der Waals surface area contributed by atoms with E-state index in [1.165, 1.54) is 35.6 Å². The Balaban J connectivity index is 1.90. The quantitative estimate of drug-likeness (QED) is 0.403. The smallest absolute Gasteiger partial charge is 0.269 e. The van der Waals surface area contributed by atoms with E-state index in [1.54, 1.807) is 20.3 Å². The van der Waals surface area contributed by atoms with Gasteiger partial charge in [-0.2, -0.15) is 0 Å². The molecule has 0 bridgehead atoms. The third-order valence-corrected chi connectivity index (χ3v) is 5.39. The molecular weight excluding hydrogens is 406 g/mol. The molecule has 1 amide bonds. The number of amides is 1. The molecular formula is C21H21N3O5S. The third-order valence-electron chi connectivity index (χ3n) is 4.36. The van der Waals surface area contributed by atoms with Crippen LogP contribution in [-0.2, 0) is 6.42 Å². The fourth-order valence-corrected chi connectivity index (χ4v) is 3.96. The van der Waals surface area contributed by atoms with E-state index >= 15 is 0 Å². The van der Waals surface area contributed by atoms with E-state index in [2.05, 4.69) is 17.2 Å². The number of nitro benzene ring substituents is 1. The van der Waals surface area contributed by atoms with E-state index in [1.807, 2.05) is 12.1 Å². The van der Waals surface area contributed by atoms with Gasteiger partial charge < -0.3 is 9.47 Å². The van der Waals surface area contributed by atoms with E-state index in [9.17, 15) is 14.9 Å². The summed E-state index contributed by atoms with van der Waals surface area (Å²) < 4.78 is 10.7. The molecule has 2 aromatic carbocycles. The van der Waals surface area contributed by atoms with Crippen LogP contribution in [0.1, 0.15) is 28.6 Å². The van der Waals surface area contributed by atoms with Crippen LogP contribution >= 0.6 is 11.3 Å². The number of hydrogen-bond acceptors (Lipinski definition) is 7. The lowest BCUT2D eigenvalue weighted by atomic mass is 10.1. The van der Waals surface area contributed by atoms with Crippen LogP contribution in [0, 0.1) is 10.1 Å². The molecule has 8 nitrogen and oxygen atoms in total. The molecule has 30 heavy (non-hydrogen) atoms. The number of hydrogen-bond donors (Lipinski definition) is 1. The van der Waals surface area contributed by atoms with Gasteiger partial charge in [0.2, 0.25) is 0 Å². The van der Waals surface area contributed by atoms with Crippen molar-refractivity contribution in [2.75, 3.05) is 19.5 Å². The average molecular weight is 427 g/mol. The van der Waals surface area contributed by atoms with E-state index in [0.29, 0.717) is 22.2 Å². The first kappa shape index (κ1) is 21.3. The average Bonchev–Trinajstić information content (AvgIpc) is 3.15. The van der Waals surface area contributed by atoms with Crippen molar-refractivity contribution in [2.24, 2.45) is 0 Å². The summed E-state index contributed by atoms with van der Waals surface area (Å²) in [6, 6.07) is 11.0. The number of benzene rings is 2. The first-order valence-corrected chi connectivity index (χ1v) is 10.1. The Morgan fingerprint density at radius 1 is 1.13 bits per heavy atom. The summed E-state index contributed by atoms with van der Waals surface area (Å²) in [6.45, 7) is 2.07. The molecule has 0 saturated heterocycles. The third kappa shape index (κ3) is 4.74. The number of nitrogens with zero attached hydrogens (tertiary/aromatic N) is 2. The van der Waals surface area contributed by atoms with E-state index in [-0.39, 0.29) is 11.6 Å². The molecule has 0 saturated carbocycles. The molecule has 0 spiro atoms. The highest BCUT2D eigenvalue weighted by molar-refractivity contribution is 7.16. The minimum Gasteiger partial charge on any atom is -0.497 e. The predicted molar refractivity (Wildman–Crippen MR) is 116 cm³/mol. The number of thiazole rings is 1. The van der Waals surface area contributed by atoms with Crippen LogP contribution in [0.4, 0.5) is 10.8 Å². The number of rotatable bonds is 8. The molecule has 0 aliphatic heterocycles. The number of anilines is 1. The molecule has 1 N–H and O–H groups in total. The summed E-state index contributed by atoms with van der Waals surface area (Å²) in [5.41, 5.74) is 1.84. The summed E-state index contributed by atoms with van der Waals surface area (Å²) in [6.07, 6.45) is 1.73. The van der Waals surface area contributed by atoms with Crippen molar-refractivity contribution in [1.29, 1.82) is 0 Å². The fourth-order valence-electron chi connectivity index (χ4n) is 2.88. The van der Waals surface area contributed by atoms with Crippen LogP contribution in [0.5, 0.6) is 11.5 Å². The number of aromatic nitrogens is 1. The van der Waals surface area contributed by atoms with Gasteiger partial charge in [0, 0.05) is 34.2 Å². The van der Waals surface area contributed by atoms with Gasteiger partial charge in [-0.25, -0.2) is 4.98 Å². The zero-order valence-electron chi connectivity index (χ0n) is 16.8. The van der Waals surface area contributed by atoms with Gasteiger partial charge in [0.05, 0.1) is 24.8 Å². The Kier molecular flexibility index (Phi) is 6.63.